The maximum Gasteiger partial charge on any atom is 0.220 e. The number of rotatable bonds is 9. The topological polar surface area (TPSA) is 38.3 Å². The molecule has 3 nitrogen and oxygen atoms in total. The molecule has 1 N–H and O–H groups in total. The SMILES string of the molecule is COCCCCNC(=O)CCCc1ccc(C)c(C)c1. The van der Waals surface area contributed by atoms with E-state index in [2.05, 4.69) is 37.4 Å². The van der Waals surface area contributed by atoms with Gasteiger partial charge in [-0.15, -0.1) is 0 Å². The highest BCUT2D eigenvalue weighted by atomic mass is 16.5. The summed E-state index contributed by atoms with van der Waals surface area (Å²) in [6.07, 6.45) is 4.47. The highest BCUT2D eigenvalue weighted by molar-refractivity contribution is 5.75. The molecule has 0 fully saturated rings. The van der Waals surface area contributed by atoms with E-state index in [0.717, 1.165) is 38.8 Å². The quantitative estimate of drug-likeness (QED) is 0.704. The lowest BCUT2D eigenvalue weighted by Crippen LogP contribution is -2.24. The number of ether oxygens (including phenoxy) is 1. The van der Waals surface area contributed by atoms with Crippen molar-refractivity contribution in [2.75, 3.05) is 20.3 Å². The number of methoxy groups -OCH3 is 1. The number of hydrogen-bond acceptors (Lipinski definition) is 2. The lowest BCUT2D eigenvalue weighted by atomic mass is 10.0. The first-order valence-corrected chi connectivity index (χ1v) is 7.45. The molecule has 1 aromatic rings. The molecule has 1 amide bonds. The summed E-state index contributed by atoms with van der Waals surface area (Å²) in [5.74, 6) is 0.159. The van der Waals surface area contributed by atoms with Crippen molar-refractivity contribution in [2.24, 2.45) is 0 Å². The Morgan fingerprint density at radius 3 is 2.65 bits per heavy atom. The molecule has 3 heteroatoms. The molecule has 0 saturated carbocycles. The molecule has 0 aromatic heterocycles. The fraction of sp³-hybridized carbons (Fsp3) is 0.588. The number of hydrogen-bond donors (Lipinski definition) is 1. The van der Waals surface area contributed by atoms with Gasteiger partial charge in [-0.1, -0.05) is 18.2 Å². The van der Waals surface area contributed by atoms with Crippen LogP contribution < -0.4 is 5.32 Å². The summed E-state index contributed by atoms with van der Waals surface area (Å²) < 4.78 is 4.97. The molecule has 0 saturated heterocycles. The van der Waals surface area contributed by atoms with Crippen molar-refractivity contribution in [3.05, 3.63) is 34.9 Å². The zero-order chi connectivity index (χ0) is 14.8. The van der Waals surface area contributed by atoms with Gasteiger partial charge in [0.2, 0.25) is 5.91 Å². The van der Waals surface area contributed by atoms with Crippen LogP contribution in [-0.2, 0) is 16.0 Å². The predicted octanol–water partition coefficient (Wildman–Crippen LogP) is 3.17. The van der Waals surface area contributed by atoms with Crippen LogP contribution >= 0.6 is 0 Å². The largest absolute Gasteiger partial charge is 0.385 e. The Bertz CT molecular complexity index is 415. The first-order chi connectivity index (χ1) is 9.63. The zero-order valence-electron chi connectivity index (χ0n) is 13.0. The maximum absolute atomic E-state index is 11.6. The first-order valence-electron chi connectivity index (χ1n) is 7.45. The van der Waals surface area contributed by atoms with Gasteiger partial charge in [-0.05, 0) is 56.2 Å². The summed E-state index contributed by atoms with van der Waals surface area (Å²) in [5, 5.41) is 2.95. The van der Waals surface area contributed by atoms with E-state index in [1.807, 2.05) is 0 Å². The molecule has 0 aliphatic carbocycles. The fourth-order valence-corrected chi connectivity index (χ4v) is 2.10. The Labute approximate surface area is 122 Å². The van der Waals surface area contributed by atoms with Gasteiger partial charge in [-0.3, -0.25) is 4.79 Å². The molecule has 0 heterocycles. The van der Waals surface area contributed by atoms with Gasteiger partial charge in [0, 0.05) is 26.7 Å². The molecule has 0 aliphatic rings. The number of unbranched alkanes of at least 4 members (excludes halogenated alkanes) is 1. The minimum absolute atomic E-state index is 0.159. The van der Waals surface area contributed by atoms with Gasteiger partial charge in [0.15, 0.2) is 0 Å². The number of nitrogens with one attached hydrogen (secondary N) is 1. The molecule has 0 aliphatic heterocycles. The van der Waals surface area contributed by atoms with Crippen LogP contribution in [-0.4, -0.2) is 26.2 Å². The normalized spacial score (nSPS) is 10.6. The Balaban J connectivity index is 2.13. The van der Waals surface area contributed by atoms with Crippen LogP contribution in [0.2, 0.25) is 0 Å². The number of carbonyl (C=O) groups is 1. The molecular formula is C17H27NO2. The van der Waals surface area contributed by atoms with Gasteiger partial charge in [0.05, 0.1) is 0 Å². The van der Waals surface area contributed by atoms with Gasteiger partial charge in [-0.25, -0.2) is 0 Å². The highest BCUT2D eigenvalue weighted by Gasteiger charge is 2.02. The second kappa shape index (κ2) is 9.54. The van der Waals surface area contributed by atoms with E-state index in [1.54, 1.807) is 7.11 Å². The molecule has 0 unspecified atom stereocenters. The van der Waals surface area contributed by atoms with Crippen molar-refractivity contribution in [1.82, 2.24) is 5.32 Å². The van der Waals surface area contributed by atoms with Crippen LogP contribution in [0.3, 0.4) is 0 Å². The number of benzene rings is 1. The number of aryl methyl sites for hydroxylation is 3. The summed E-state index contributed by atoms with van der Waals surface area (Å²) in [6.45, 7) is 5.77. The van der Waals surface area contributed by atoms with Gasteiger partial charge >= 0.3 is 0 Å². The van der Waals surface area contributed by atoms with E-state index < -0.39 is 0 Å². The summed E-state index contributed by atoms with van der Waals surface area (Å²) >= 11 is 0. The maximum atomic E-state index is 11.6. The average Bonchev–Trinajstić information content (AvgIpc) is 2.42. The second-order valence-corrected chi connectivity index (χ2v) is 5.32. The van der Waals surface area contributed by atoms with Crippen molar-refractivity contribution < 1.29 is 9.53 Å². The smallest absolute Gasteiger partial charge is 0.220 e. The Morgan fingerprint density at radius 1 is 1.15 bits per heavy atom. The zero-order valence-corrected chi connectivity index (χ0v) is 13.0. The minimum Gasteiger partial charge on any atom is -0.385 e. The van der Waals surface area contributed by atoms with Crippen molar-refractivity contribution in [3.63, 3.8) is 0 Å². The van der Waals surface area contributed by atoms with Crippen LogP contribution in [0.15, 0.2) is 18.2 Å². The molecule has 0 radical (unpaired) electrons. The summed E-state index contributed by atoms with van der Waals surface area (Å²) in [6, 6.07) is 6.53. The molecule has 20 heavy (non-hydrogen) atoms. The van der Waals surface area contributed by atoms with Crippen molar-refractivity contribution in [1.29, 1.82) is 0 Å². The third kappa shape index (κ3) is 6.71. The van der Waals surface area contributed by atoms with Gasteiger partial charge in [0.25, 0.3) is 0 Å². The Morgan fingerprint density at radius 2 is 1.95 bits per heavy atom. The monoisotopic (exact) mass is 277 g/mol. The lowest BCUT2D eigenvalue weighted by Gasteiger charge is -2.06. The van der Waals surface area contributed by atoms with Crippen LogP contribution in [0.5, 0.6) is 0 Å². The van der Waals surface area contributed by atoms with Gasteiger partial charge in [-0.2, -0.15) is 0 Å². The third-order valence-electron chi connectivity index (χ3n) is 3.54. The second-order valence-electron chi connectivity index (χ2n) is 5.32. The number of amides is 1. The number of carbonyl (C=O) groups excluding carboxylic acids is 1. The Kier molecular flexibility index (Phi) is 7.97. The summed E-state index contributed by atoms with van der Waals surface area (Å²) in [7, 11) is 1.70. The van der Waals surface area contributed by atoms with E-state index >= 15 is 0 Å². The fourth-order valence-electron chi connectivity index (χ4n) is 2.10. The van der Waals surface area contributed by atoms with E-state index in [0.29, 0.717) is 6.42 Å². The molecule has 0 atom stereocenters. The molecular weight excluding hydrogens is 250 g/mol. The van der Waals surface area contributed by atoms with Crippen LogP contribution in [0.4, 0.5) is 0 Å². The lowest BCUT2D eigenvalue weighted by molar-refractivity contribution is -0.121. The summed E-state index contributed by atoms with van der Waals surface area (Å²) in [5.41, 5.74) is 3.97. The molecule has 0 spiro atoms. The first kappa shape index (κ1) is 16.7. The van der Waals surface area contributed by atoms with Crippen molar-refractivity contribution in [2.45, 2.75) is 46.0 Å². The average molecular weight is 277 g/mol. The van der Waals surface area contributed by atoms with E-state index in [9.17, 15) is 4.79 Å². The van der Waals surface area contributed by atoms with Crippen molar-refractivity contribution in [3.8, 4) is 0 Å². The standard InChI is InChI=1S/C17H27NO2/c1-14-9-10-16(13-15(14)2)7-6-8-17(19)18-11-4-5-12-20-3/h9-10,13H,4-8,11-12H2,1-3H3,(H,18,19). The molecule has 1 aromatic carbocycles. The highest BCUT2D eigenvalue weighted by Crippen LogP contribution is 2.12. The molecule has 0 bridgehead atoms. The minimum atomic E-state index is 0.159. The van der Waals surface area contributed by atoms with Crippen LogP contribution in [0, 0.1) is 13.8 Å². The molecule has 1 rings (SSSR count). The van der Waals surface area contributed by atoms with E-state index in [4.69, 9.17) is 4.74 Å². The third-order valence-corrected chi connectivity index (χ3v) is 3.54. The van der Waals surface area contributed by atoms with Crippen molar-refractivity contribution >= 4 is 5.91 Å². The van der Waals surface area contributed by atoms with Gasteiger partial charge in [0.1, 0.15) is 0 Å². The van der Waals surface area contributed by atoms with Gasteiger partial charge < -0.3 is 10.1 Å². The van der Waals surface area contributed by atoms with Crippen LogP contribution in [0.25, 0.3) is 0 Å². The molecule has 112 valence electrons. The Hall–Kier alpha value is -1.35. The predicted molar refractivity (Wildman–Crippen MR) is 83.0 cm³/mol. The van der Waals surface area contributed by atoms with E-state index in [-0.39, 0.29) is 5.91 Å². The summed E-state index contributed by atoms with van der Waals surface area (Å²) in [4.78, 5) is 11.6. The van der Waals surface area contributed by atoms with E-state index in [1.165, 1.54) is 16.7 Å². The van der Waals surface area contributed by atoms with Crippen LogP contribution in [0.1, 0.15) is 42.4 Å².